The zero-order valence-electron chi connectivity index (χ0n) is 26.9. The Balaban J connectivity index is 1.25. The molecule has 0 aliphatic carbocycles. The van der Waals surface area contributed by atoms with Crippen molar-refractivity contribution in [1.82, 2.24) is 10.6 Å². The van der Waals surface area contributed by atoms with Crippen LogP contribution in [-0.2, 0) is 30.0 Å². The number of benzene rings is 2. The van der Waals surface area contributed by atoms with Crippen molar-refractivity contribution >= 4 is 52.6 Å². The molecule has 2 aromatic carbocycles. The van der Waals surface area contributed by atoms with Crippen molar-refractivity contribution in [3.05, 3.63) is 65.2 Å². The average Bonchev–Trinajstić information content (AvgIpc) is 3.02. The van der Waals surface area contributed by atoms with E-state index in [9.17, 15) is 23.8 Å². The van der Waals surface area contributed by atoms with E-state index < -0.39 is 13.3 Å². The molecular weight excluding hydrogens is 641 g/mol. The molecule has 0 saturated heterocycles. The van der Waals surface area contributed by atoms with Crippen molar-refractivity contribution in [1.29, 1.82) is 0 Å². The highest BCUT2D eigenvalue weighted by Gasteiger charge is 2.22. The second-order valence-electron chi connectivity index (χ2n) is 11.4. The highest BCUT2D eigenvalue weighted by molar-refractivity contribution is 8.76. The van der Waals surface area contributed by atoms with Gasteiger partial charge in [-0.3, -0.25) is 14.4 Å². The molecule has 0 bridgehead atoms. The highest BCUT2D eigenvalue weighted by atomic mass is 33.1. The maximum atomic E-state index is 13.3. The summed E-state index contributed by atoms with van der Waals surface area (Å²) in [6.45, 7) is 6.90. The maximum Gasteiger partial charge on any atom is 0.227 e. The zero-order chi connectivity index (χ0) is 33.4. The minimum Gasteiger partial charge on any atom is -0.778 e. The van der Waals surface area contributed by atoms with Crippen LogP contribution in [0.25, 0.3) is 0 Å². The molecule has 1 aliphatic rings. The van der Waals surface area contributed by atoms with Gasteiger partial charge in [0.1, 0.15) is 7.60 Å². The molecule has 9 nitrogen and oxygen atoms in total. The largest absolute Gasteiger partial charge is 0.778 e. The normalized spacial score (nSPS) is 14.1. The third-order valence-corrected chi connectivity index (χ3v) is 12.0. The van der Waals surface area contributed by atoms with Gasteiger partial charge in [-0.1, -0.05) is 97.4 Å². The Labute approximate surface area is 281 Å². The Bertz CT molecular complexity index is 1430. The fraction of sp³-hybridized carbons (Fsp3) is 0.500. The average molecular weight is 687 g/mol. The zero-order valence-corrected chi connectivity index (χ0v) is 29.4. The van der Waals surface area contributed by atoms with Gasteiger partial charge in [-0.15, -0.1) is 0 Å². The summed E-state index contributed by atoms with van der Waals surface area (Å²) in [5.41, 5.74) is 2.90. The molecule has 2 aromatic rings. The van der Waals surface area contributed by atoms with Crippen molar-refractivity contribution in [2.75, 3.05) is 30.3 Å². The Hall–Kier alpha value is -2.74. The van der Waals surface area contributed by atoms with Crippen LogP contribution in [0.15, 0.2) is 48.5 Å². The number of fused-ring (bicyclic) bond motifs is 2. The summed E-state index contributed by atoms with van der Waals surface area (Å²) in [7, 11) is -0.526. The molecule has 2 atom stereocenters. The first-order valence-electron chi connectivity index (χ1n) is 15.8. The number of para-hydroxylation sites is 1. The molecule has 1 aliphatic heterocycles. The molecule has 0 aromatic heterocycles. The number of nitrogens with zero attached hydrogens (tertiary/aromatic N) is 1. The lowest BCUT2D eigenvalue weighted by Crippen LogP contribution is -2.33. The number of amides is 3. The number of anilines is 1. The molecule has 0 radical (unpaired) electrons. The summed E-state index contributed by atoms with van der Waals surface area (Å²) in [6.07, 6.45) is 3.86. The van der Waals surface area contributed by atoms with Crippen molar-refractivity contribution in [3.8, 4) is 11.8 Å². The van der Waals surface area contributed by atoms with Gasteiger partial charge in [-0.2, -0.15) is 0 Å². The van der Waals surface area contributed by atoms with E-state index in [1.165, 1.54) is 0 Å². The van der Waals surface area contributed by atoms with Crippen molar-refractivity contribution in [2.24, 2.45) is 0 Å². The Kier molecular flexibility index (Phi) is 16.2. The van der Waals surface area contributed by atoms with Gasteiger partial charge in [0.05, 0.1) is 18.8 Å². The third kappa shape index (κ3) is 13.2. The molecule has 2 unspecified atom stereocenters. The Morgan fingerprint density at radius 2 is 1.59 bits per heavy atom. The van der Waals surface area contributed by atoms with Gasteiger partial charge in [-0.25, -0.2) is 0 Å². The van der Waals surface area contributed by atoms with E-state index in [-0.39, 0.29) is 42.4 Å². The van der Waals surface area contributed by atoms with Gasteiger partial charge in [-0.05, 0) is 36.6 Å². The maximum absolute atomic E-state index is 13.3. The number of carbonyl (C=O) groups is 3. The Morgan fingerprint density at radius 1 is 0.913 bits per heavy atom. The highest BCUT2D eigenvalue weighted by Crippen LogP contribution is 2.42. The van der Waals surface area contributed by atoms with E-state index in [0.29, 0.717) is 38.2 Å². The summed E-state index contributed by atoms with van der Waals surface area (Å²) in [5, 5.41) is 5.96. The number of carbonyl (C=O) groups excluding carboxylic acids is 3. The smallest absolute Gasteiger partial charge is 0.227 e. The van der Waals surface area contributed by atoms with Crippen LogP contribution in [0.3, 0.4) is 0 Å². The van der Waals surface area contributed by atoms with E-state index >= 15 is 0 Å². The van der Waals surface area contributed by atoms with Gasteiger partial charge in [0.15, 0.2) is 0 Å². The summed E-state index contributed by atoms with van der Waals surface area (Å²) < 4.78 is 16.6. The van der Waals surface area contributed by atoms with Crippen LogP contribution in [-0.4, -0.2) is 54.1 Å². The first-order chi connectivity index (χ1) is 22.1. The molecule has 0 fully saturated rings. The summed E-state index contributed by atoms with van der Waals surface area (Å²) in [5.74, 6) is 6.80. The van der Waals surface area contributed by atoms with Gasteiger partial charge in [0, 0.05) is 60.1 Å². The minimum absolute atomic E-state index is 0.00400. The van der Waals surface area contributed by atoms with E-state index in [2.05, 4.69) is 22.5 Å². The number of rotatable bonds is 19. The number of hydrogen-bond acceptors (Lipinski definition) is 8. The molecule has 0 spiro atoms. The van der Waals surface area contributed by atoms with Crippen LogP contribution in [0.4, 0.5) is 5.69 Å². The van der Waals surface area contributed by atoms with Gasteiger partial charge >= 0.3 is 0 Å². The second-order valence-corrected chi connectivity index (χ2v) is 16.7. The molecule has 12 heteroatoms. The lowest BCUT2D eigenvalue weighted by molar-refractivity contribution is -0.200. The minimum atomic E-state index is -3.74. The fourth-order valence-electron chi connectivity index (χ4n) is 4.56. The van der Waals surface area contributed by atoms with Crippen LogP contribution in [0.5, 0.6) is 0 Å². The van der Waals surface area contributed by atoms with Crippen LogP contribution in [0, 0.1) is 11.8 Å². The molecule has 3 rings (SSSR count). The molecule has 3 amide bonds. The number of nitrogens with one attached hydrogen (secondary N) is 2. The van der Waals surface area contributed by atoms with Crippen molar-refractivity contribution < 1.29 is 28.4 Å². The number of hydrogen-bond donors (Lipinski definition) is 2. The van der Waals surface area contributed by atoms with Gasteiger partial charge in [0.25, 0.3) is 0 Å². The lowest BCUT2D eigenvalue weighted by Gasteiger charge is -2.26. The second kappa shape index (κ2) is 19.8. The molecule has 0 saturated carbocycles. The molecule has 250 valence electrons. The topological polar surface area (TPSA) is 128 Å². The predicted molar refractivity (Wildman–Crippen MR) is 187 cm³/mol. The van der Waals surface area contributed by atoms with Gasteiger partial charge in [0.2, 0.25) is 17.7 Å². The van der Waals surface area contributed by atoms with Crippen LogP contribution >= 0.6 is 29.2 Å². The predicted octanol–water partition coefficient (Wildman–Crippen LogP) is 5.64. The van der Waals surface area contributed by atoms with E-state index in [0.717, 1.165) is 41.6 Å². The molecule has 2 N–H and O–H groups in total. The lowest BCUT2D eigenvalue weighted by atomic mass is 10.0. The standard InChI is InChI=1S/C34H46N3O6PS2/c1-26(2)44(41,42)43-22-11-5-4-10-20-35-33(39)24-27(3)46-45-23-21-36-32(38)18-19-34(40)37-25-30-14-7-6-12-28(30)16-17-29-13-8-9-15-31(29)37/h6-9,12-15,26-27H,4-5,10-11,18-25H2,1-3H3,(H,35,39)(H,36,38)(H,41,42)/p-1. The molecular formula is C34H45N3O6PS2-. The van der Waals surface area contributed by atoms with E-state index in [4.69, 9.17) is 4.52 Å². The number of unbranched alkanes of at least 4 members (excludes halogenated alkanes) is 3. The van der Waals surface area contributed by atoms with Gasteiger partial charge < -0.3 is 29.5 Å². The quantitative estimate of drug-likeness (QED) is 0.0841. The van der Waals surface area contributed by atoms with Crippen molar-refractivity contribution in [2.45, 2.75) is 83.2 Å². The van der Waals surface area contributed by atoms with Crippen LogP contribution < -0.4 is 20.4 Å². The van der Waals surface area contributed by atoms with Crippen molar-refractivity contribution in [3.63, 3.8) is 0 Å². The van der Waals surface area contributed by atoms with Crippen LogP contribution in [0.2, 0.25) is 0 Å². The first kappa shape index (κ1) is 37.7. The summed E-state index contributed by atoms with van der Waals surface area (Å²) >= 11 is 0. The fourth-order valence-corrected chi connectivity index (χ4v) is 7.42. The molecule has 1 heterocycles. The first-order valence-corrected chi connectivity index (χ1v) is 19.8. The summed E-state index contributed by atoms with van der Waals surface area (Å²) in [4.78, 5) is 51.4. The third-order valence-electron chi connectivity index (χ3n) is 7.25. The van der Waals surface area contributed by atoms with E-state index in [1.54, 1.807) is 40.3 Å². The molecule has 46 heavy (non-hydrogen) atoms. The monoisotopic (exact) mass is 686 g/mol. The van der Waals surface area contributed by atoms with Crippen LogP contribution in [0.1, 0.15) is 82.4 Å². The summed E-state index contributed by atoms with van der Waals surface area (Å²) in [6, 6.07) is 15.4. The SMILES string of the molecule is CC(CC(=O)NCCCCCCOP(=O)([O-])C(C)C)SSCCNC(=O)CCC(=O)N1Cc2ccccc2C#Cc2ccccc21. The Morgan fingerprint density at radius 3 is 2.37 bits per heavy atom. The van der Waals surface area contributed by atoms with E-state index in [1.807, 2.05) is 55.5 Å².